The lowest BCUT2D eigenvalue weighted by Gasteiger charge is -2.30. The van der Waals surface area contributed by atoms with Gasteiger partial charge >= 0.3 is 0 Å². The Morgan fingerprint density at radius 2 is 1.83 bits per heavy atom. The Balaban J connectivity index is 1.41. The summed E-state index contributed by atoms with van der Waals surface area (Å²) in [4.78, 5) is 2.31. The number of β-amino-alcohol motifs (C(OH)–C–C–N with tert-alkyl or cyclic N) is 1. The summed E-state index contributed by atoms with van der Waals surface area (Å²) in [6, 6.07) is 16.9. The van der Waals surface area contributed by atoms with Crippen LogP contribution in [0.25, 0.3) is 0 Å². The molecule has 0 aromatic heterocycles. The van der Waals surface area contributed by atoms with Crippen LogP contribution in [0.15, 0.2) is 48.5 Å². The van der Waals surface area contributed by atoms with Crippen LogP contribution in [0, 0.1) is 6.92 Å². The van der Waals surface area contributed by atoms with Gasteiger partial charge in [-0.25, -0.2) is 0 Å². The van der Waals surface area contributed by atoms with Gasteiger partial charge in [-0.15, -0.1) is 0 Å². The van der Waals surface area contributed by atoms with Gasteiger partial charge in [0.05, 0.1) is 19.3 Å². The van der Waals surface area contributed by atoms with E-state index in [1.807, 2.05) is 0 Å². The Hall–Kier alpha value is -1.68. The normalized spacial score (nSPS) is 16.1. The lowest BCUT2D eigenvalue weighted by Crippen LogP contribution is -2.38. The van der Waals surface area contributed by atoms with Crippen LogP contribution in [0.2, 0.25) is 0 Å². The molecule has 1 aliphatic heterocycles. The van der Waals surface area contributed by atoms with Gasteiger partial charge < -0.3 is 9.84 Å². The maximum Gasteiger partial charge on any atom is 0.0900 e. The van der Waals surface area contributed by atoms with Gasteiger partial charge in [0, 0.05) is 19.6 Å². The van der Waals surface area contributed by atoms with E-state index in [4.69, 9.17) is 4.74 Å². The molecular weight excluding hydrogens is 286 g/mol. The molecule has 0 bridgehead atoms. The van der Waals surface area contributed by atoms with Gasteiger partial charge in [0.2, 0.25) is 0 Å². The average Bonchev–Trinajstić information content (AvgIpc) is 2.56. The monoisotopic (exact) mass is 311 g/mol. The third-order valence-electron chi connectivity index (χ3n) is 4.38. The molecule has 2 aromatic carbocycles. The number of benzene rings is 2. The highest BCUT2D eigenvalue weighted by Crippen LogP contribution is 2.18. The standard InChI is InChI=1S/C20H25NO2/c1-16-6-8-17(9-7-16)14-23-15-20(22)13-21-11-10-18-4-2-3-5-19(18)12-21/h2-9,20,22H,10-15H2,1H3. The smallest absolute Gasteiger partial charge is 0.0900 e. The highest BCUT2D eigenvalue weighted by atomic mass is 16.5. The first-order valence-corrected chi connectivity index (χ1v) is 8.31. The summed E-state index contributed by atoms with van der Waals surface area (Å²) in [5.41, 5.74) is 5.22. The molecule has 122 valence electrons. The van der Waals surface area contributed by atoms with E-state index in [9.17, 15) is 5.11 Å². The van der Waals surface area contributed by atoms with E-state index in [1.54, 1.807) is 0 Å². The van der Waals surface area contributed by atoms with E-state index in [2.05, 4.69) is 60.4 Å². The second-order valence-corrected chi connectivity index (χ2v) is 6.41. The van der Waals surface area contributed by atoms with Crippen LogP contribution < -0.4 is 0 Å². The van der Waals surface area contributed by atoms with Crippen molar-refractivity contribution < 1.29 is 9.84 Å². The summed E-state index contributed by atoms with van der Waals surface area (Å²) >= 11 is 0. The molecule has 2 aromatic rings. The van der Waals surface area contributed by atoms with Crippen LogP contribution in [0.3, 0.4) is 0 Å². The molecule has 1 unspecified atom stereocenters. The van der Waals surface area contributed by atoms with E-state index in [1.165, 1.54) is 16.7 Å². The molecule has 3 nitrogen and oxygen atoms in total. The fourth-order valence-electron chi connectivity index (χ4n) is 3.06. The van der Waals surface area contributed by atoms with Crippen LogP contribution in [0.5, 0.6) is 0 Å². The van der Waals surface area contributed by atoms with Crippen molar-refractivity contribution in [2.45, 2.75) is 32.6 Å². The minimum atomic E-state index is -0.439. The first-order valence-electron chi connectivity index (χ1n) is 8.31. The first-order chi connectivity index (χ1) is 11.2. The van der Waals surface area contributed by atoms with Crippen molar-refractivity contribution in [3.05, 3.63) is 70.8 Å². The number of aryl methyl sites for hydroxylation is 1. The zero-order valence-electron chi connectivity index (χ0n) is 13.7. The third kappa shape index (κ3) is 4.64. The number of rotatable bonds is 6. The highest BCUT2D eigenvalue weighted by Gasteiger charge is 2.18. The van der Waals surface area contributed by atoms with Gasteiger partial charge in [0.1, 0.15) is 0 Å². The van der Waals surface area contributed by atoms with E-state index >= 15 is 0 Å². The number of ether oxygens (including phenoxy) is 1. The van der Waals surface area contributed by atoms with Gasteiger partial charge in [0.25, 0.3) is 0 Å². The van der Waals surface area contributed by atoms with E-state index in [0.29, 0.717) is 19.8 Å². The summed E-state index contributed by atoms with van der Waals surface area (Å²) in [6.07, 6.45) is 0.623. The fraction of sp³-hybridized carbons (Fsp3) is 0.400. The maximum atomic E-state index is 10.2. The largest absolute Gasteiger partial charge is 0.389 e. The molecular formula is C20H25NO2. The topological polar surface area (TPSA) is 32.7 Å². The van der Waals surface area contributed by atoms with Crippen molar-refractivity contribution in [1.29, 1.82) is 0 Å². The Bertz CT molecular complexity index is 624. The molecule has 1 aliphatic rings. The van der Waals surface area contributed by atoms with Crippen LogP contribution >= 0.6 is 0 Å². The fourth-order valence-corrected chi connectivity index (χ4v) is 3.06. The summed E-state index contributed by atoms with van der Waals surface area (Å²) in [5.74, 6) is 0. The van der Waals surface area contributed by atoms with Crippen molar-refractivity contribution in [3.8, 4) is 0 Å². The Morgan fingerprint density at radius 1 is 1.09 bits per heavy atom. The van der Waals surface area contributed by atoms with Crippen molar-refractivity contribution in [1.82, 2.24) is 4.90 Å². The Labute approximate surface area is 138 Å². The van der Waals surface area contributed by atoms with E-state index in [-0.39, 0.29) is 0 Å². The molecule has 0 aliphatic carbocycles. The molecule has 23 heavy (non-hydrogen) atoms. The molecule has 0 spiro atoms. The molecule has 1 atom stereocenters. The number of aliphatic hydroxyl groups is 1. The molecule has 0 saturated heterocycles. The van der Waals surface area contributed by atoms with Crippen molar-refractivity contribution in [3.63, 3.8) is 0 Å². The van der Waals surface area contributed by atoms with Crippen molar-refractivity contribution >= 4 is 0 Å². The average molecular weight is 311 g/mol. The Kier molecular flexibility index (Phi) is 5.44. The molecule has 0 saturated carbocycles. The van der Waals surface area contributed by atoms with Gasteiger partial charge in [-0.1, -0.05) is 54.1 Å². The summed E-state index contributed by atoms with van der Waals surface area (Å²) in [7, 11) is 0. The van der Waals surface area contributed by atoms with Gasteiger partial charge in [-0.2, -0.15) is 0 Å². The van der Waals surface area contributed by atoms with Crippen LogP contribution in [-0.4, -0.2) is 35.8 Å². The number of aliphatic hydroxyl groups excluding tert-OH is 1. The SMILES string of the molecule is Cc1ccc(COCC(O)CN2CCc3ccccc3C2)cc1. The number of hydrogen-bond acceptors (Lipinski definition) is 3. The predicted molar refractivity (Wildman–Crippen MR) is 92.3 cm³/mol. The van der Waals surface area contributed by atoms with Crippen LogP contribution in [0.4, 0.5) is 0 Å². The molecule has 0 fully saturated rings. The second kappa shape index (κ2) is 7.73. The minimum absolute atomic E-state index is 0.381. The second-order valence-electron chi connectivity index (χ2n) is 6.41. The lowest BCUT2D eigenvalue weighted by molar-refractivity contribution is 0.00774. The number of fused-ring (bicyclic) bond motifs is 1. The van der Waals surface area contributed by atoms with Crippen LogP contribution in [-0.2, 0) is 24.3 Å². The van der Waals surface area contributed by atoms with Crippen LogP contribution in [0.1, 0.15) is 22.3 Å². The van der Waals surface area contributed by atoms with Gasteiger partial charge in [-0.3, -0.25) is 4.90 Å². The van der Waals surface area contributed by atoms with Gasteiger partial charge in [-0.05, 0) is 30.0 Å². The van der Waals surface area contributed by atoms with E-state index < -0.39 is 6.10 Å². The zero-order chi connectivity index (χ0) is 16.1. The summed E-state index contributed by atoms with van der Waals surface area (Å²) in [6.45, 7) is 5.61. The molecule has 3 heteroatoms. The molecule has 0 radical (unpaired) electrons. The zero-order valence-corrected chi connectivity index (χ0v) is 13.7. The highest BCUT2D eigenvalue weighted by molar-refractivity contribution is 5.29. The molecule has 3 rings (SSSR count). The molecule has 1 N–H and O–H groups in total. The molecule has 1 heterocycles. The third-order valence-corrected chi connectivity index (χ3v) is 4.38. The quantitative estimate of drug-likeness (QED) is 0.890. The van der Waals surface area contributed by atoms with Gasteiger partial charge in [0.15, 0.2) is 0 Å². The number of nitrogens with zero attached hydrogens (tertiary/aromatic N) is 1. The predicted octanol–water partition coefficient (Wildman–Crippen LogP) is 2.93. The summed E-state index contributed by atoms with van der Waals surface area (Å²) < 4.78 is 5.66. The Morgan fingerprint density at radius 3 is 2.61 bits per heavy atom. The van der Waals surface area contributed by atoms with Crippen molar-refractivity contribution in [2.24, 2.45) is 0 Å². The minimum Gasteiger partial charge on any atom is -0.389 e. The van der Waals surface area contributed by atoms with Crippen molar-refractivity contribution in [2.75, 3.05) is 19.7 Å². The number of hydrogen-bond donors (Lipinski definition) is 1. The first kappa shape index (κ1) is 16.2. The lowest BCUT2D eigenvalue weighted by atomic mass is 10.00. The maximum absolute atomic E-state index is 10.2. The summed E-state index contributed by atoms with van der Waals surface area (Å²) in [5, 5.41) is 10.2. The van der Waals surface area contributed by atoms with E-state index in [0.717, 1.165) is 25.1 Å². The molecule has 0 amide bonds.